The first-order valence-corrected chi connectivity index (χ1v) is 10.2. The number of hydrogen-bond acceptors (Lipinski definition) is 5. The highest BCUT2D eigenvalue weighted by Gasteiger charge is 2.87. The zero-order valence-electron chi connectivity index (χ0n) is 17.8. The standard InChI is InChI=1S/C23H30O5/c1-12(2)22(7)18-8-9-21(6)20(28-21)23(18,22)19-16(26-14(4)24)10-13(3)11-17(19)27-15(5)25/h10-12,18,20H,8-9H2,1-7H3/t18-,20?,21?,22+,23+/m1/s1. The average molecular weight is 386 g/mol. The number of carbonyl (C=O) groups is 2. The van der Waals surface area contributed by atoms with Crippen LogP contribution < -0.4 is 9.47 Å². The van der Waals surface area contributed by atoms with Crippen LogP contribution >= 0.6 is 0 Å². The van der Waals surface area contributed by atoms with E-state index in [2.05, 4.69) is 27.7 Å². The monoisotopic (exact) mass is 386 g/mol. The van der Waals surface area contributed by atoms with Gasteiger partial charge in [0.2, 0.25) is 0 Å². The highest BCUT2D eigenvalue weighted by Crippen LogP contribution is 2.84. The Morgan fingerprint density at radius 3 is 2.11 bits per heavy atom. The smallest absolute Gasteiger partial charge is 0.308 e. The lowest BCUT2D eigenvalue weighted by atomic mass is 9.73. The third-order valence-corrected chi connectivity index (χ3v) is 7.64. The third-order valence-electron chi connectivity index (χ3n) is 7.64. The summed E-state index contributed by atoms with van der Waals surface area (Å²) < 4.78 is 17.7. The first-order chi connectivity index (χ1) is 13.0. The lowest BCUT2D eigenvalue weighted by molar-refractivity contribution is -0.132. The minimum atomic E-state index is -0.379. The summed E-state index contributed by atoms with van der Waals surface area (Å²) in [7, 11) is 0. The maximum atomic E-state index is 11.9. The summed E-state index contributed by atoms with van der Waals surface area (Å²) in [5, 5.41) is 0. The Kier molecular flexibility index (Phi) is 4.04. The maximum Gasteiger partial charge on any atom is 0.308 e. The lowest BCUT2D eigenvalue weighted by Crippen LogP contribution is -2.34. The molecule has 3 fully saturated rings. The normalized spacial score (nSPS) is 37.7. The van der Waals surface area contributed by atoms with Crippen molar-refractivity contribution in [3.05, 3.63) is 23.3 Å². The van der Waals surface area contributed by atoms with Gasteiger partial charge in [0.1, 0.15) is 11.5 Å². The number of hydrogen-bond donors (Lipinski definition) is 0. The molecule has 5 nitrogen and oxygen atoms in total. The minimum absolute atomic E-state index is 0.0228. The molecular formula is C23H30O5. The topological polar surface area (TPSA) is 65.1 Å². The van der Waals surface area contributed by atoms with E-state index in [-0.39, 0.29) is 34.5 Å². The number of ether oxygens (including phenoxy) is 3. The number of benzene rings is 1. The van der Waals surface area contributed by atoms with Crippen LogP contribution in [0.3, 0.4) is 0 Å². The number of rotatable bonds is 4. The summed E-state index contributed by atoms with van der Waals surface area (Å²) in [4.78, 5) is 23.8. The zero-order chi connectivity index (χ0) is 20.6. The van der Waals surface area contributed by atoms with Crippen molar-refractivity contribution >= 4 is 11.9 Å². The predicted octanol–water partition coefficient (Wildman–Crippen LogP) is 4.33. The Bertz CT molecular complexity index is 837. The van der Waals surface area contributed by atoms with Crippen LogP contribution in [-0.2, 0) is 19.7 Å². The van der Waals surface area contributed by atoms with Crippen molar-refractivity contribution in [1.82, 2.24) is 0 Å². The first kappa shape index (κ1) is 19.4. The number of fused-ring (bicyclic) bond motifs is 3. The molecule has 0 spiro atoms. The second kappa shape index (κ2) is 5.82. The van der Waals surface area contributed by atoms with Crippen molar-refractivity contribution in [1.29, 1.82) is 0 Å². The van der Waals surface area contributed by atoms with Crippen LogP contribution in [0.15, 0.2) is 12.1 Å². The van der Waals surface area contributed by atoms with Crippen molar-refractivity contribution in [3.8, 4) is 11.5 Å². The van der Waals surface area contributed by atoms with E-state index in [4.69, 9.17) is 14.2 Å². The molecule has 1 heterocycles. The molecule has 0 amide bonds. The van der Waals surface area contributed by atoms with E-state index in [0.29, 0.717) is 23.3 Å². The summed E-state index contributed by atoms with van der Waals surface area (Å²) in [5.74, 6) is 1.04. The average Bonchev–Trinajstić information content (AvgIpc) is 3.38. The van der Waals surface area contributed by atoms with Gasteiger partial charge in [-0.05, 0) is 61.6 Å². The number of esters is 2. The largest absolute Gasteiger partial charge is 0.426 e. The highest BCUT2D eigenvalue weighted by molar-refractivity contribution is 5.75. The molecule has 1 aromatic rings. The van der Waals surface area contributed by atoms with Crippen molar-refractivity contribution in [2.24, 2.45) is 17.3 Å². The van der Waals surface area contributed by atoms with Gasteiger partial charge in [0.15, 0.2) is 0 Å². The van der Waals surface area contributed by atoms with Gasteiger partial charge >= 0.3 is 11.9 Å². The van der Waals surface area contributed by atoms with Gasteiger partial charge in [0.25, 0.3) is 0 Å². The molecule has 4 rings (SSSR count). The number of epoxide rings is 1. The quantitative estimate of drug-likeness (QED) is 0.438. The Hall–Kier alpha value is -1.88. The molecule has 28 heavy (non-hydrogen) atoms. The van der Waals surface area contributed by atoms with E-state index >= 15 is 0 Å². The molecule has 0 radical (unpaired) electrons. The molecule has 1 aliphatic heterocycles. The van der Waals surface area contributed by atoms with Gasteiger partial charge < -0.3 is 14.2 Å². The van der Waals surface area contributed by atoms with Crippen molar-refractivity contribution in [2.75, 3.05) is 0 Å². The molecule has 2 saturated carbocycles. The van der Waals surface area contributed by atoms with E-state index in [9.17, 15) is 9.59 Å². The summed E-state index contributed by atoms with van der Waals surface area (Å²) in [6.07, 6.45) is 2.12. The van der Waals surface area contributed by atoms with Gasteiger partial charge in [0.05, 0.1) is 11.7 Å². The second-order valence-corrected chi connectivity index (χ2v) is 9.53. The molecule has 152 valence electrons. The minimum Gasteiger partial charge on any atom is -0.426 e. The molecule has 1 aromatic carbocycles. The summed E-state index contributed by atoms with van der Waals surface area (Å²) in [5.41, 5.74) is 1.21. The van der Waals surface area contributed by atoms with Crippen LogP contribution in [0.5, 0.6) is 11.5 Å². The maximum absolute atomic E-state index is 11.9. The molecule has 2 aliphatic carbocycles. The molecule has 5 atom stereocenters. The predicted molar refractivity (Wildman–Crippen MR) is 104 cm³/mol. The zero-order valence-corrected chi connectivity index (χ0v) is 17.8. The second-order valence-electron chi connectivity index (χ2n) is 9.53. The number of aryl methyl sites for hydroxylation is 1. The molecular weight excluding hydrogens is 356 g/mol. The van der Waals surface area contributed by atoms with Gasteiger partial charge in [-0.1, -0.05) is 20.8 Å². The van der Waals surface area contributed by atoms with E-state index in [1.165, 1.54) is 13.8 Å². The third kappa shape index (κ3) is 2.35. The van der Waals surface area contributed by atoms with Gasteiger partial charge in [-0.15, -0.1) is 0 Å². The van der Waals surface area contributed by atoms with E-state index < -0.39 is 0 Å². The van der Waals surface area contributed by atoms with Crippen molar-refractivity contribution < 1.29 is 23.8 Å². The Morgan fingerprint density at radius 2 is 1.64 bits per heavy atom. The van der Waals surface area contributed by atoms with Crippen LogP contribution in [0.2, 0.25) is 0 Å². The summed E-state index contributed by atoms with van der Waals surface area (Å²) in [6, 6.07) is 3.76. The molecule has 3 aliphatic rings. The Labute approximate surface area is 166 Å². The van der Waals surface area contributed by atoms with Crippen molar-refractivity contribution in [2.45, 2.75) is 78.4 Å². The van der Waals surface area contributed by atoms with E-state index in [0.717, 1.165) is 24.0 Å². The van der Waals surface area contributed by atoms with Crippen LogP contribution in [0.25, 0.3) is 0 Å². The van der Waals surface area contributed by atoms with Gasteiger partial charge in [-0.25, -0.2) is 0 Å². The molecule has 0 N–H and O–H groups in total. The molecule has 2 unspecified atom stereocenters. The highest BCUT2D eigenvalue weighted by atomic mass is 16.6. The van der Waals surface area contributed by atoms with Crippen LogP contribution in [0.4, 0.5) is 0 Å². The fourth-order valence-corrected chi connectivity index (χ4v) is 6.24. The summed E-state index contributed by atoms with van der Waals surface area (Å²) in [6.45, 7) is 13.7. The fourth-order valence-electron chi connectivity index (χ4n) is 6.24. The van der Waals surface area contributed by atoms with Gasteiger partial charge in [-0.2, -0.15) is 0 Å². The SMILES string of the molecule is CC(=O)Oc1cc(C)cc(OC(C)=O)c1[C@]12C3OC3(C)CC[C@@H]1[C@]2(C)C(C)C. The van der Waals surface area contributed by atoms with E-state index in [1.54, 1.807) is 0 Å². The van der Waals surface area contributed by atoms with Crippen LogP contribution in [-0.4, -0.2) is 23.6 Å². The molecule has 1 saturated heterocycles. The Balaban J connectivity index is 1.98. The first-order valence-electron chi connectivity index (χ1n) is 10.2. The van der Waals surface area contributed by atoms with Crippen LogP contribution in [0.1, 0.15) is 65.5 Å². The lowest BCUT2D eigenvalue weighted by Gasteiger charge is -2.30. The fraction of sp³-hybridized carbons (Fsp3) is 0.652. The van der Waals surface area contributed by atoms with E-state index in [1.807, 2.05) is 19.1 Å². The molecule has 5 heteroatoms. The molecule has 0 bridgehead atoms. The summed E-state index contributed by atoms with van der Waals surface area (Å²) >= 11 is 0. The van der Waals surface area contributed by atoms with Gasteiger partial charge in [-0.3, -0.25) is 9.59 Å². The van der Waals surface area contributed by atoms with Gasteiger partial charge in [0, 0.05) is 24.8 Å². The molecule has 0 aromatic heterocycles. The van der Waals surface area contributed by atoms with Crippen molar-refractivity contribution in [3.63, 3.8) is 0 Å². The van der Waals surface area contributed by atoms with Crippen LogP contribution in [0, 0.1) is 24.2 Å². The number of carbonyl (C=O) groups excluding carboxylic acids is 2. The Morgan fingerprint density at radius 1 is 1.11 bits per heavy atom.